The molecule has 4 aromatic rings. The van der Waals surface area contributed by atoms with E-state index in [-0.39, 0.29) is 23.7 Å². The molecule has 0 amide bonds. The van der Waals surface area contributed by atoms with Crippen LogP contribution in [0.1, 0.15) is 27.3 Å². The monoisotopic (exact) mass is 432 g/mol. The number of thiazole rings is 1. The second-order valence-corrected chi connectivity index (χ2v) is 7.45. The Balaban J connectivity index is 1.57. The number of ketones is 1. The van der Waals surface area contributed by atoms with E-state index in [4.69, 9.17) is 0 Å². The minimum atomic E-state index is -4.47. The van der Waals surface area contributed by atoms with Crippen LogP contribution in [0.2, 0.25) is 0 Å². The number of carbonyl (C=O) groups is 1. The Morgan fingerprint density at radius 2 is 2.00 bits per heavy atom. The Morgan fingerprint density at radius 3 is 2.70 bits per heavy atom. The van der Waals surface area contributed by atoms with Crippen molar-refractivity contribution in [1.82, 2.24) is 29.8 Å². The van der Waals surface area contributed by atoms with Crippen molar-refractivity contribution in [1.29, 1.82) is 0 Å². The molecule has 3 aromatic heterocycles. The van der Waals surface area contributed by atoms with Gasteiger partial charge in [0.25, 0.3) is 0 Å². The van der Waals surface area contributed by atoms with Gasteiger partial charge in [0, 0.05) is 34.1 Å². The van der Waals surface area contributed by atoms with Crippen LogP contribution in [-0.4, -0.2) is 35.5 Å². The maximum absolute atomic E-state index is 12.9. The Kier molecular flexibility index (Phi) is 4.98. The van der Waals surface area contributed by atoms with E-state index in [1.54, 1.807) is 12.3 Å². The molecule has 0 aliphatic rings. The highest BCUT2D eigenvalue weighted by Gasteiger charge is 2.30. The van der Waals surface area contributed by atoms with Gasteiger partial charge in [0.15, 0.2) is 10.9 Å². The molecule has 0 N–H and O–H groups in total. The van der Waals surface area contributed by atoms with Gasteiger partial charge < -0.3 is 0 Å². The first-order chi connectivity index (χ1) is 14.2. The zero-order valence-corrected chi connectivity index (χ0v) is 16.7. The minimum absolute atomic E-state index is 0.0159. The third-order valence-corrected chi connectivity index (χ3v) is 5.28. The largest absolute Gasteiger partial charge is 0.416 e. The summed E-state index contributed by atoms with van der Waals surface area (Å²) in [5, 5.41) is 14.3. The molecule has 3 heterocycles. The molecule has 0 aliphatic heterocycles. The van der Waals surface area contributed by atoms with Gasteiger partial charge in [-0.3, -0.25) is 9.36 Å². The predicted octanol–water partition coefficient (Wildman–Crippen LogP) is 4.11. The lowest BCUT2D eigenvalue weighted by Gasteiger charge is -2.06. The summed E-state index contributed by atoms with van der Waals surface area (Å²) in [4.78, 5) is 18.1. The fourth-order valence-corrected chi connectivity index (χ4v) is 3.89. The van der Waals surface area contributed by atoms with Crippen LogP contribution in [0.15, 0.2) is 41.9 Å². The van der Waals surface area contributed by atoms with Gasteiger partial charge in [-0.2, -0.15) is 18.0 Å². The van der Waals surface area contributed by atoms with Gasteiger partial charge in [-0.25, -0.2) is 4.98 Å². The molecule has 0 saturated heterocycles. The zero-order valence-electron chi connectivity index (χ0n) is 15.9. The summed E-state index contributed by atoms with van der Waals surface area (Å²) >= 11 is 1.46. The van der Waals surface area contributed by atoms with Crippen LogP contribution in [0.25, 0.3) is 16.5 Å². The number of hydrogen-bond donors (Lipinski definition) is 0. The molecule has 30 heavy (non-hydrogen) atoms. The SMILES string of the molecule is Cc1cc(C(=O)Cn2nnc(-c3cccc(C(F)(F)F)c3)n2)c(C)n1-c1nccs1. The molecule has 11 heteroatoms. The predicted molar refractivity (Wildman–Crippen MR) is 104 cm³/mol. The summed E-state index contributed by atoms with van der Waals surface area (Å²) in [6, 6.07) is 6.42. The van der Waals surface area contributed by atoms with Gasteiger partial charge in [0.2, 0.25) is 5.82 Å². The molecule has 0 spiro atoms. The highest BCUT2D eigenvalue weighted by atomic mass is 32.1. The second-order valence-electron chi connectivity index (χ2n) is 6.58. The molecule has 7 nitrogen and oxygen atoms in total. The standard InChI is InChI=1S/C19H15F3N6OS/c1-11-8-15(12(2)28(11)18-23-6-7-30-18)16(29)10-27-25-17(24-26-27)13-4-3-5-14(9-13)19(20,21)22/h3-9H,10H2,1-2H3. The second kappa shape index (κ2) is 7.48. The lowest BCUT2D eigenvalue weighted by molar-refractivity contribution is -0.137. The van der Waals surface area contributed by atoms with E-state index in [1.165, 1.54) is 23.5 Å². The van der Waals surface area contributed by atoms with Crippen molar-refractivity contribution in [3.8, 4) is 16.5 Å². The number of aryl methyl sites for hydroxylation is 1. The molecule has 0 radical (unpaired) electrons. The van der Waals surface area contributed by atoms with E-state index < -0.39 is 11.7 Å². The van der Waals surface area contributed by atoms with E-state index in [9.17, 15) is 18.0 Å². The third-order valence-electron chi connectivity index (χ3n) is 4.53. The number of benzene rings is 1. The number of carbonyl (C=O) groups excluding carboxylic acids is 1. The zero-order chi connectivity index (χ0) is 21.5. The van der Waals surface area contributed by atoms with Crippen LogP contribution < -0.4 is 0 Å². The summed E-state index contributed by atoms with van der Waals surface area (Å²) in [6.45, 7) is 3.52. The number of tetrazole rings is 1. The van der Waals surface area contributed by atoms with Crippen LogP contribution in [0, 0.1) is 13.8 Å². The van der Waals surface area contributed by atoms with E-state index in [2.05, 4.69) is 20.4 Å². The van der Waals surface area contributed by atoms with Crippen LogP contribution in [0.4, 0.5) is 13.2 Å². The van der Waals surface area contributed by atoms with Crippen molar-refractivity contribution in [3.63, 3.8) is 0 Å². The van der Waals surface area contributed by atoms with Crippen molar-refractivity contribution in [2.75, 3.05) is 0 Å². The average Bonchev–Trinajstić information content (AvgIpc) is 3.42. The smallest absolute Gasteiger partial charge is 0.294 e. The lowest BCUT2D eigenvalue weighted by Crippen LogP contribution is -2.14. The summed E-state index contributed by atoms with van der Waals surface area (Å²) in [5.41, 5.74) is 1.47. The Bertz CT molecular complexity index is 1210. The van der Waals surface area contributed by atoms with Gasteiger partial charge in [-0.1, -0.05) is 12.1 Å². The summed E-state index contributed by atoms with van der Waals surface area (Å²) in [7, 11) is 0. The molecule has 1 aromatic carbocycles. The van der Waals surface area contributed by atoms with Gasteiger partial charge in [-0.05, 0) is 37.3 Å². The van der Waals surface area contributed by atoms with E-state index in [0.29, 0.717) is 5.56 Å². The molecule has 0 atom stereocenters. The molecule has 0 unspecified atom stereocenters. The van der Waals surface area contributed by atoms with Crippen LogP contribution in [0.5, 0.6) is 0 Å². The topological polar surface area (TPSA) is 78.5 Å². The average molecular weight is 432 g/mol. The molecular weight excluding hydrogens is 417 g/mol. The number of aromatic nitrogens is 6. The molecule has 154 valence electrons. The van der Waals surface area contributed by atoms with Crippen molar-refractivity contribution < 1.29 is 18.0 Å². The number of halogens is 3. The van der Waals surface area contributed by atoms with Crippen molar-refractivity contribution >= 4 is 17.1 Å². The number of hydrogen-bond acceptors (Lipinski definition) is 6. The highest BCUT2D eigenvalue weighted by Crippen LogP contribution is 2.31. The first-order valence-corrected chi connectivity index (χ1v) is 9.69. The summed E-state index contributed by atoms with van der Waals surface area (Å²) in [5.74, 6) is -0.221. The maximum Gasteiger partial charge on any atom is 0.416 e. The minimum Gasteiger partial charge on any atom is -0.294 e. The summed E-state index contributed by atoms with van der Waals surface area (Å²) in [6.07, 6.45) is -2.78. The molecular formula is C19H15F3N6OS. The van der Waals surface area contributed by atoms with Gasteiger partial charge in [-0.15, -0.1) is 21.5 Å². The first kappa shape index (κ1) is 20.0. The van der Waals surface area contributed by atoms with Gasteiger partial charge in [0.05, 0.1) is 5.56 Å². The highest BCUT2D eigenvalue weighted by molar-refractivity contribution is 7.12. The molecule has 4 rings (SSSR count). The fourth-order valence-electron chi connectivity index (χ4n) is 3.14. The lowest BCUT2D eigenvalue weighted by atomic mass is 10.1. The number of alkyl halides is 3. The molecule has 0 bridgehead atoms. The Hall–Kier alpha value is -3.34. The van der Waals surface area contributed by atoms with Crippen LogP contribution in [-0.2, 0) is 12.7 Å². The van der Waals surface area contributed by atoms with Crippen LogP contribution in [0.3, 0.4) is 0 Å². The number of Topliss-reactive ketones (excluding diaryl/α,β-unsaturated/α-hetero) is 1. The molecule has 0 fully saturated rings. The summed E-state index contributed by atoms with van der Waals surface area (Å²) < 4.78 is 40.6. The third kappa shape index (κ3) is 3.75. The number of nitrogens with zero attached hydrogens (tertiary/aromatic N) is 6. The molecule has 0 saturated carbocycles. The molecule has 0 aliphatic carbocycles. The number of rotatable bonds is 5. The van der Waals surface area contributed by atoms with Crippen molar-refractivity contribution in [3.05, 3.63) is 64.4 Å². The fraction of sp³-hybridized carbons (Fsp3) is 0.211. The van der Waals surface area contributed by atoms with Crippen molar-refractivity contribution in [2.45, 2.75) is 26.6 Å². The van der Waals surface area contributed by atoms with E-state index in [1.807, 2.05) is 23.8 Å². The Labute approximate surface area is 172 Å². The normalized spacial score (nSPS) is 11.8. The maximum atomic E-state index is 12.9. The van der Waals surface area contributed by atoms with Gasteiger partial charge in [0.1, 0.15) is 6.54 Å². The first-order valence-electron chi connectivity index (χ1n) is 8.81. The quantitative estimate of drug-likeness (QED) is 0.444. The van der Waals surface area contributed by atoms with Crippen LogP contribution >= 0.6 is 11.3 Å². The van der Waals surface area contributed by atoms with Crippen molar-refractivity contribution in [2.24, 2.45) is 0 Å². The van der Waals surface area contributed by atoms with Gasteiger partial charge >= 0.3 is 6.18 Å². The van der Waals surface area contributed by atoms with E-state index in [0.717, 1.165) is 33.4 Å². The van der Waals surface area contributed by atoms with E-state index >= 15 is 0 Å². The Morgan fingerprint density at radius 1 is 1.20 bits per heavy atom.